The summed E-state index contributed by atoms with van der Waals surface area (Å²) in [5, 5.41) is 0. The highest BCUT2D eigenvalue weighted by atomic mass is 19.1. The molecule has 0 spiro atoms. The molecule has 78 valence electrons. The highest BCUT2D eigenvalue weighted by Crippen LogP contribution is 2.28. The van der Waals surface area contributed by atoms with Gasteiger partial charge in [0.2, 0.25) is 0 Å². The van der Waals surface area contributed by atoms with E-state index < -0.39 is 0 Å². The predicted octanol–water partition coefficient (Wildman–Crippen LogP) is 4.05. The lowest BCUT2D eigenvalue weighted by Crippen LogP contribution is -2.19. The molecule has 0 saturated carbocycles. The second-order valence-corrected chi connectivity index (χ2v) is 5.06. The van der Waals surface area contributed by atoms with Crippen LogP contribution in [0.2, 0.25) is 0 Å². The molecule has 0 amide bonds. The van der Waals surface area contributed by atoms with Crippen molar-refractivity contribution in [3.63, 3.8) is 0 Å². The quantitative estimate of drug-likeness (QED) is 0.666. The Morgan fingerprint density at radius 2 is 1.79 bits per heavy atom. The Hall–Kier alpha value is -0.850. The Morgan fingerprint density at radius 3 is 2.29 bits per heavy atom. The van der Waals surface area contributed by atoms with Gasteiger partial charge in [-0.05, 0) is 29.4 Å². The predicted molar refractivity (Wildman–Crippen MR) is 58.7 cm³/mol. The van der Waals surface area contributed by atoms with Crippen molar-refractivity contribution in [1.29, 1.82) is 0 Å². The highest BCUT2D eigenvalue weighted by Gasteiger charge is 2.20. The van der Waals surface area contributed by atoms with E-state index in [0.717, 1.165) is 12.0 Å². The maximum Gasteiger partial charge on any atom is 0.126 e. The van der Waals surface area contributed by atoms with Crippen LogP contribution in [0.3, 0.4) is 0 Å². The standard InChI is InChI=1S/C13H19F/c1-10(13(2,3)4)9-11-7-5-6-8-12(11)14/h5-8,10H,9H2,1-4H3. The monoisotopic (exact) mass is 194 g/mol. The van der Waals surface area contributed by atoms with Gasteiger partial charge in [-0.2, -0.15) is 0 Å². The van der Waals surface area contributed by atoms with Gasteiger partial charge in [-0.25, -0.2) is 4.39 Å². The Bertz CT molecular complexity index is 296. The van der Waals surface area contributed by atoms with Crippen molar-refractivity contribution in [2.75, 3.05) is 0 Å². The first-order valence-corrected chi connectivity index (χ1v) is 5.14. The third kappa shape index (κ3) is 2.83. The van der Waals surface area contributed by atoms with Crippen LogP contribution >= 0.6 is 0 Å². The molecular weight excluding hydrogens is 175 g/mol. The highest BCUT2D eigenvalue weighted by molar-refractivity contribution is 5.18. The summed E-state index contributed by atoms with van der Waals surface area (Å²) in [6, 6.07) is 7.04. The molecule has 0 radical (unpaired) electrons. The Morgan fingerprint density at radius 1 is 1.21 bits per heavy atom. The first-order valence-electron chi connectivity index (χ1n) is 5.14. The minimum atomic E-state index is -0.0800. The summed E-state index contributed by atoms with van der Waals surface area (Å²) in [6.07, 6.45) is 0.816. The minimum absolute atomic E-state index is 0.0800. The van der Waals surface area contributed by atoms with Crippen molar-refractivity contribution in [2.45, 2.75) is 34.1 Å². The topological polar surface area (TPSA) is 0 Å². The van der Waals surface area contributed by atoms with Gasteiger partial charge >= 0.3 is 0 Å². The van der Waals surface area contributed by atoms with Crippen LogP contribution in [-0.2, 0) is 6.42 Å². The lowest BCUT2D eigenvalue weighted by atomic mass is 9.78. The summed E-state index contributed by atoms with van der Waals surface area (Å²) < 4.78 is 13.3. The maximum atomic E-state index is 13.3. The van der Waals surface area contributed by atoms with Gasteiger partial charge in [-0.15, -0.1) is 0 Å². The van der Waals surface area contributed by atoms with Crippen molar-refractivity contribution in [2.24, 2.45) is 11.3 Å². The smallest absolute Gasteiger partial charge is 0.126 e. The van der Waals surface area contributed by atoms with Crippen LogP contribution in [0.25, 0.3) is 0 Å². The van der Waals surface area contributed by atoms with Crippen molar-refractivity contribution in [3.05, 3.63) is 35.6 Å². The SMILES string of the molecule is CC(Cc1ccccc1F)C(C)(C)C. The third-order valence-corrected chi connectivity index (χ3v) is 2.96. The van der Waals surface area contributed by atoms with Gasteiger partial charge in [0.25, 0.3) is 0 Å². The fourth-order valence-corrected chi connectivity index (χ4v) is 1.30. The normalized spacial score (nSPS) is 14.1. The van der Waals surface area contributed by atoms with Crippen LogP contribution in [0.4, 0.5) is 4.39 Å². The van der Waals surface area contributed by atoms with Gasteiger partial charge in [-0.3, -0.25) is 0 Å². The molecule has 0 heterocycles. The summed E-state index contributed by atoms with van der Waals surface area (Å²) >= 11 is 0. The molecule has 0 aliphatic rings. The molecule has 0 aliphatic carbocycles. The summed E-state index contributed by atoms with van der Waals surface area (Å²) in [4.78, 5) is 0. The van der Waals surface area contributed by atoms with Gasteiger partial charge in [0, 0.05) is 0 Å². The largest absolute Gasteiger partial charge is 0.207 e. The van der Waals surface area contributed by atoms with Crippen molar-refractivity contribution in [1.82, 2.24) is 0 Å². The molecule has 0 N–H and O–H groups in total. The number of hydrogen-bond donors (Lipinski definition) is 0. The lowest BCUT2D eigenvalue weighted by molar-refractivity contribution is 0.258. The molecule has 1 aromatic carbocycles. The Labute approximate surface area is 86.2 Å². The molecule has 1 atom stereocenters. The van der Waals surface area contributed by atoms with Crippen molar-refractivity contribution >= 4 is 0 Å². The van der Waals surface area contributed by atoms with Crippen LogP contribution in [0, 0.1) is 17.2 Å². The Balaban J connectivity index is 2.75. The van der Waals surface area contributed by atoms with Crippen LogP contribution in [-0.4, -0.2) is 0 Å². The van der Waals surface area contributed by atoms with Gasteiger partial charge in [-0.1, -0.05) is 45.9 Å². The molecule has 0 aromatic heterocycles. The molecule has 0 nitrogen and oxygen atoms in total. The number of halogens is 1. The van der Waals surface area contributed by atoms with E-state index in [9.17, 15) is 4.39 Å². The molecule has 1 unspecified atom stereocenters. The molecule has 0 fully saturated rings. The molecule has 0 saturated heterocycles. The second-order valence-electron chi connectivity index (χ2n) is 5.06. The maximum absolute atomic E-state index is 13.3. The van der Waals surface area contributed by atoms with Crippen molar-refractivity contribution in [3.8, 4) is 0 Å². The summed E-state index contributed by atoms with van der Waals surface area (Å²) in [6.45, 7) is 8.75. The first-order chi connectivity index (χ1) is 6.41. The van der Waals surface area contributed by atoms with E-state index in [-0.39, 0.29) is 11.2 Å². The molecule has 1 aromatic rings. The number of hydrogen-bond acceptors (Lipinski definition) is 0. The fraction of sp³-hybridized carbons (Fsp3) is 0.538. The fourth-order valence-electron chi connectivity index (χ4n) is 1.30. The second kappa shape index (κ2) is 4.12. The van der Waals surface area contributed by atoms with E-state index in [1.165, 1.54) is 6.07 Å². The summed E-state index contributed by atoms with van der Waals surface area (Å²) in [7, 11) is 0. The zero-order chi connectivity index (χ0) is 10.8. The molecule has 0 bridgehead atoms. The average Bonchev–Trinajstić information content (AvgIpc) is 2.07. The first kappa shape index (κ1) is 11.2. The molecule has 1 rings (SSSR count). The van der Waals surface area contributed by atoms with E-state index in [1.807, 2.05) is 12.1 Å². The van der Waals surface area contributed by atoms with E-state index in [4.69, 9.17) is 0 Å². The van der Waals surface area contributed by atoms with E-state index in [1.54, 1.807) is 6.07 Å². The van der Waals surface area contributed by atoms with E-state index in [0.29, 0.717) is 5.92 Å². The molecular formula is C13H19F. The summed E-state index contributed by atoms with van der Waals surface area (Å²) in [5.41, 5.74) is 1.07. The average molecular weight is 194 g/mol. The van der Waals surface area contributed by atoms with Gasteiger partial charge in [0.1, 0.15) is 5.82 Å². The van der Waals surface area contributed by atoms with Crippen molar-refractivity contribution < 1.29 is 4.39 Å². The van der Waals surface area contributed by atoms with Crippen LogP contribution < -0.4 is 0 Å². The Kier molecular flexibility index (Phi) is 3.30. The van der Waals surface area contributed by atoms with E-state index >= 15 is 0 Å². The van der Waals surface area contributed by atoms with Gasteiger partial charge < -0.3 is 0 Å². The van der Waals surface area contributed by atoms with E-state index in [2.05, 4.69) is 27.7 Å². The molecule has 14 heavy (non-hydrogen) atoms. The van der Waals surface area contributed by atoms with Crippen LogP contribution in [0.15, 0.2) is 24.3 Å². The third-order valence-electron chi connectivity index (χ3n) is 2.96. The summed E-state index contributed by atoms with van der Waals surface area (Å²) in [5.74, 6) is 0.406. The van der Waals surface area contributed by atoms with Gasteiger partial charge in [0.15, 0.2) is 0 Å². The molecule has 0 aliphatic heterocycles. The van der Waals surface area contributed by atoms with Crippen LogP contribution in [0.1, 0.15) is 33.3 Å². The molecule has 1 heteroatoms. The lowest BCUT2D eigenvalue weighted by Gasteiger charge is -2.27. The zero-order valence-electron chi connectivity index (χ0n) is 9.47. The number of rotatable bonds is 2. The minimum Gasteiger partial charge on any atom is -0.207 e. The number of benzene rings is 1. The van der Waals surface area contributed by atoms with Crippen LogP contribution in [0.5, 0.6) is 0 Å². The van der Waals surface area contributed by atoms with Gasteiger partial charge in [0.05, 0.1) is 0 Å². The zero-order valence-corrected chi connectivity index (χ0v) is 9.47.